The number of hydrogen-bond donors (Lipinski definition) is 1. The fraction of sp³-hybridized carbons (Fsp3) is 0.444. The number of benzene rings is 1. The summed E-state index contributed by atoms with van der Waals surface area (Å²) in [4.78, 5) is 48.8. The Bertz CT molecular complexity index is 675. The molecule has 3 atom stereocenters. The van der Waals surface area contributed by atoms with Crippen molar-refractivity contribution in [3.05, 3.63) is 35.9 Å². The minimum absolute atomic E-state index is 0.112. The number of carbonyl (C=O) groups is 4. The Labute approximate surface area is 150 Å². The predicted molar refractivity (Wildman–Crippen MR) is 93.8 cm³/mol. The summed E-state index contributed by atoms with van der Waals surface area (Å²) < 4.78 is 0. The first-order valence-corrected chi connectivity index (χ1v) is 9.06. The van der Waals surface area contributed by atoms with E-state index < -0.39 is 35.7 Å². The molecule has 1 aliphatic heterocycles. The van der Waals surface area contributed by atoms with Gasteiger partial charge in [-0.2, -0.15) is 0 Å². The molecule has 0 bridgehead atoms. The fourth-order valence-electron chi connectivity index (χ4n) is 2.92. The first-order chi connectivity index (χ1) is 11.8. The van der Waals surface area contributed by atoms with Crippen LogP contribution in [0.25, 0.3) is 0 Å². The van der Waals surface area contributed by atoms with Gasteiger partial charge in [-0.15, -0.1) is 0 Å². The Kier molecular flexibility index (Phi) is 6.36. The van der Waals surface area contributed by atoms with E-state index in [1.54, 1.807) is 6.92 Å². The normalized spacial score (nSPS) is 21.2. The van der Waals surface area contributed by atoms with Gasteiger partial charge in [0.25, 0.3) is 0 Å². The highest BCUT2D eigenvalue weighted by Gasteiger charge is 2.47. The topological polar surface area (TPSA) is 91.8 Å². The largest absolute Gasteiger partial charge is 0.480 e. The van der Waals surface area contributed by atoms with Crippen molar-refractivity contribution >= 4 is 34.7 Å². The molecule has 0 saturated carbocycles. The van der Waals surface area contributed by atoms with Gasteiger partial charge in [0.15, 0.2) is 5.12 Å². The van der Waals surface area contributed by atoms with Crippen LogP contribution < -0.4 is 0 Å². The number of nitrogens with zero attached hydrogens (tertiary/aromatic N) is 1. The number of thioether (sulfide) groups is 1. The molecule has 0 spiro atoms. The molecule has 2 amide bonds. The molecule has 1 aromatic rings. The number of aliphatic carboxylic acids is 1. The maximum absolute atomic E-state index is 12.7. The van der Waals surface area contributed by atoms with E-state index in [2.05, 4.69) is 0 Å². The monoisotopic (exact) mass is 363 g/mol. The fourth-order valence-corrected chi connectivity index (χ4v) is 3.55. The maximum Gasteiger partial charge on any atom is 0.326 e. The van der Waals surface area contributed by atoms with Crippen LogP contribution >= 0.6 is 11.8 Å². The lowest BCUT2D eigenvalue weighted by atomic mass is 9.96. The summed E-state index contributed by atoms with van der Waals surface area (Å²) in [5, 5.41) is 9.31. The van der Waals surface area contributed by atoms with Crippen molar-refractivity contribution in [1.29, 1.82) is 0 Å². The smallest absolute Gasteiger partial charge is 0.326 e. The van der Waals surface area contributed by atoms with Crippen LogP contribution in [0.4, 0.5) is 0 Å². The van der Waals surface area contributed by atoms with Crippen molar-refractivity contribution in [2.75, 3.05) is 5.75 Å². The van der Waals surface area contributed by atoms with Crippen molar-refractivity contribution in [2.45, 2.75) is 32.7 Å². The van der Waals surface area contributed by atoms with E-state index in [9.17, 15) is 24.3 Å². The molecular formula is C18H21NO5S. The zero-order chi connectivity index (χ0) is 18.6. The average molecular weight is 363 g/mol. The van der Waals surface area contributed by atoms with E-state index in [0.29, 0.717) is 6.42 Å². The number of imide groups is 1. The van der Waals surface area contributed by atoms with Crippen LogP contribution in [-0.2, 0) is 25.6 Å². The quantitative estimate of drug-likeness (QED) is 0.831. The molecule has 25 heavy (non-hydrogen) atoms. The van der Waals surface area contributed by atoms with Crippen LogP contribution in [0.3, 0.4) is 0 Å². The number of carboxylic acid groups (broad SMARTS) is 1. The summed E-state index contributed by atoms with van der Waals surface area (Å²) in [6, 6.07) is 8.18. The third kappa shape index (κ3) is 4.69. The van der Waals surface area contributed by atoms with E-state index in [1.165, 1.54) is 6.92 Å². The molecule has 1 heterocycles. The van der Waals surface area contributed by atoms with Crippen molar-refractivity contribution in [2.24, 2.45) is 11.8 Å². The molecule has 6 nitrogen and oxygen atoms in total. The van der Waals surface area contributed by atoms with Crippen LogP contribution in [0, 0.1) is 11.8 Å². The van der Waals surface area contributed by atoms with Gasteiger partial charge in [0, 0.05) is 24.5 Å². The average Bonchev–Trinajstić information content (AvgIpc) is 2.89. The molecule has 0 aromatic heterocycles. The third-order valence-corrected chi connectivity index (χ3v) is 5.28. The van der Waals surface area contributed by atoms with Gasteiger partial charge in [0.1, 0.15) is 6.04 Å². The van der Waals surface area contributed by atoms with Gasteiger partial charge in [-0.05, 0) is 18.4 Å². The van der Waals surface area contributed by atoms with Gasteiger partial charge in [-0.25, -0.2) is 4.79 Å². The zero-order valence-electron chi connectivity index (χ0n) is 14.2. The molecule has 1 saturated heterocycles. The van der Waals surface area contributed by atoms with Crippen LogP contribution in [0.1, 0.15) is 25.8 Å². The minimum Gasteiger partial charge on any atom is -0.480 e. The van der Waals surface area contributed by atoms with E-state index in [0.717, 1.165) is 22.2 Å². The second kappa shape index (κ2) is 8.29. The van der Waals surface area contributed by atoms with Gasteiger partial charge in [-0.3, -0.25) is 19.3 Å². The summed E-state index contributed by atoms with van der Waals surface area (Å²) in [7, 11) is 0. The minimum atomic E-state index is -1.18. The van der Waals surface area contributed by atoms with Crippen LogP contribution in [0.15, 0.2) is 30.3 Å². The molecule has 1 aromatic carbocycles. The summed E-state index contributed by atoms with van der Waals surface area (Å²) in [6.45, 7) is 3.01. The summed E-state index contributed by atoms with van der Waals surface area (Å²) in [5.74, 6) is -3.05. The number of carboxylic acids is 1. The first-order valence-electron chi connectivity index (χ1n) is 8.08. The molecule has 1 fully saturated rings. The van der Waals surface area contributed by atoms with Crippen molar-refractivity contribution in [1.82, 2.24) is 4.90 Å². The second-order valence-corrected chi connectivity index (χ2v) is 7.42. The molecular weight excluding hydrogens is 342 g/mol. The molecule has 1 N–H and O–H groups in total. The van der Waals surface area contributed by atoms with Gasteiger partial charge in [0.05, 0.1) is 0 Å². The summed E-state index contributed by atoms with van der Waals surface area (Å²) in [6.07, 6.45) is 0.519. The van der Waals surface area contributed by atoms with Crippen LogP contribution in [0.2, 0.25) is 0 Å². The van der Waals surface area contributed by atoms with Crippen LogP contribution in [0.5, 0.6) is 0 Å². The standard InChI is InChI=1S/C18H21NO5S/c1-11(10-25-12(2)20)16(21)19-15(18(23)24)9-14(17(19)22)8-13-6-4-3-5-7-13/h3-7,11,14-15H,8-10H2,1-2H3,(H,23,24)/t11-,14+,15+/m1/s1. The van der Waals surface area contributed by atoms with E-state index in [1.807, 2.05) is 30.3 Å². The molecule has 1 aliphatic rings. The second-order valence-electron chi connectivity index (χ2n) is 6.23. The lowest BCUT2D eigenvalue weighted by molar-refractivity contribution is -0.155. The lowest BCUT2D eigenvalue weighted by Gasteiger charge is -2.23. The Hall–Kier alpha value is -2.15. The summed E-state index contributed by atoms with van der Waals surface area (Å²) >= 11 is 0.996. The highest BCUT2D eigenvalue weighted by Crippen LogP contribution is 2.30. The Balaban J connectivity index is 2.14. The van der Waals surface area contributed by atoms with Gasteiger partial charge in [0.2, 0.25) is 11.8 Å². The SMILES string of the molecule is CC(=O)SC[C@@H](C)C(=O)N1C(=O)[C@@H](Cc2ccccc2)C[C@H]1C(=O)O. The number of hydrogen-bond acceptors (Lipinski definition) is 5. The van der Waals surface area contributed by atoms with Crippen molar-refractivity contribution in [3.8, 4) is 0 Å². The number of rotatable bonds is 6. The molecule has 7 heteroatoms. The first kappa shape index (κ1) is 19.2. The van der Waals surface area contributed by atoms with Crippen molar-refractivity contribution in [3.63, 3.8) is 0 Å². The number of amides is 2. The van der Waals surface area contributed by atoms with Gasteiger partial charge < -0.3 is 5.11 Å². The zero-order valence-corrected chi connectivity index (χ0v) is 15.0. The molecule has 134 valence electrons. The summed E-state index contributed by atoms with van der Waals surface area (Å²) in [5.41, 5.74) is 0.930. The lowest BCUT2D eigenvalue weighted by Crippen LogP contribution is -2.46. The van der Waals surface area contributed by atoms with E-state index >= 15 is 0 Å². The van der Waals surface area contributed by atoms with Crippen LogP contribution in [-0.4, -0.2) is 44.7 Å². The maximum atomic E-state index is 12.7. The molecule has 2 rings (SSSR count). The number of likely N-dealkylation sites (tertiary alicyclic amines) is 1. The predicted octanol–water partition coefficient (Wildman–Crippen LogP) is 1.97. The van der Waals surface area contributed by atoms with Crippen molar-refractivity contribution < 1.29 is 24.3 Å². The van der Waals surface area contributed by atoms with E-state index in [4.69, 9.17) is 0 Å². The Morgan fingerprint density at radius 2 is 1.92 bits per heavy atom. The number of carbonyl (C=O) groups excluding carboxylic acids is 3. The van der Waals surface area contributed by atoms with E-state index in [-0.39, 0.29) is 17.3 Å². The van der Waals surface area contributed by atoms with Gasteiger partial charge in [-0.1, -0.05) is 49.0 Å². The Morgan fingerprint density at radius 1 is 1.28 bits per heavy atom. The molecule has 0 radical (unpaired) electrons. The Morgan fingerprint density at radius 3 is 2.48 bits per heavy atom. The highest BCUT2D eigenvalue weighted by molar-refractivity contribution is 8.13. The molecule has 0 unspecified atom stereocenters. The highest BCUT2D eigenvalue weighted by atomic mass is 32.2. The third-order valence-electron chi connectivity index (χ3n) is 4.21. The van der Waals surface area contributed by atoms with Gasteiger partial charge >= 0.3 is 5.97 Å². The molecule has 0 aliphatic carbocycles.